The van der Waals surface area contributed by atoms with E-state index in [1.807, 2.05) is 0 Å². The highest BCUT2D eigenvalue weighted by molar-refractivity contribution is 5.14. The highest BCUT2D eigenvalue weighted by atomic mass is 15.2. The fraction of sp³-hybridized carbons (Fsp3) is 0.750. The zero-order valence-corrected chi connectivity index (χ0v) is 6.38. The fourth-order valence-electron chi connectivity index (χ4n) is 2.08. The molecule has 2 heterocycles. The zero-order valence-electron chi connectivity index (χ0n) is 6.38. The Bertz CT molecular complexity index is 174. The maximum atomic E-state index is 5.75. The van der Waals surface area contributed by atoms with Crippen LogP contribution in [0.25, 0.3) is 0 Å². The molecule has 2 rings (SSSR count). The van der Waals surface area contributed by atoms with E-state index in [0.717, 1.165) is 18.2 Å². The van der Waals surface area contributed by atoms with Gasteiger partial charge in [0.1, 0.15) is 0 Å². The number of nitrogens with two attached hydrogens (primary N) is 1. The van der Waals surface area contributed by atoms with Gasteiger partial charge in [0, 0.05) is 24.2 Å². The summed E-state index contributed by atoms with van der Waals surface area (Å²) >= 11 is 0. The van der Waals surface area contributed by atoms with E-state index in [0.29, 0.717) is 6.04 Å². The lowest BCUT2D eigenvalue weighted by atomic mass is 10.1. The molecular formula is C8H14N2. The van der Waals surface area contributed by atoms with Gasteiger partial charge in [-0.15, -0.1) is 0 Å². The van der Waals surface area contributed by atoms with Gasteiger partial charge < -0.3 is 5.73 Å². The Morgan fingerprint density at radius 1 is 1.60 bits per heavy atom. The van der Waals surface area contributed by atoms with Crippen LogP contribution >= 0.6 is 0 Å². The standard InChI is InChI=1S/C8H14N2/c1-10-7-2-3-8(10)5-6(9)4-7/h4,7-8H,2-3,5,9H2,1H3/t7-,8+/m0/s1. The third kappa shape index (κ3) is 0.754. The van der Waals surface area contributed by atoms with Gasteiger partial charge in [-0.1, -0.05) is 0 Å². The average molecular weight is 138 g/mol. The van der Waals surface area contributed by atoms with Gasteiger partial charge in [-0.05, 0) is 26.0 Å². The van der Waals surface area contributed by atoms with Crippen LogP contribution in [-0.2, 0) is 0 Å². The molecule has 1 saturated heterocycles. The third-order valence-corrected chi connectivity index (χ3v) is 2.77. The number of nitrogens with zero attached hydrogens (tertiary/aromatic N) is 1. The van der Waals surface area contributed by atoms with E-state index in [1.54, 1.807) is 0 Å². The van der Waals surface area contributed by atoms with E-state index in [1.165, 1.54) is 12.8 Å². The van der Waals surface area contributed by atoms with Crippen molar-refractivity contribution in [1.82, 2.24) is 4.90 Å². The second kappa shape index (κ2) is 1.99. The molecule has 0 spiro atoms. The van der Waals surface area contributed by atoms with Crippen LogP contribution < -0.4 is 5.73 Å². The Morgan fingerprint density at radius 3 is 3.10 bits per heavy atom. The van der Waals surface area contributed by atoms with E-state index in [2.05, 4.69) is 18.0 Å². The second-order valence-corrected chi connectivity index (χ2v) is 3.41. The van der Waals surface area contributed by atoms with E-state index in [9.17, 15) is 0 Å². The van der Waals surface area contributed by atoms with Crippen LogP contribution in [0.4, 0.5) is 0 Å². The van der Waals surface area contributed by atoms with Crippen molar-refractivity contribution in [3.05, 3.63) is 11.8 Å². The molecule has 10 heavy (non-hydrogen) atoms. The fourth-order valence-corrected chi connectivity index (χ4v) is 2.08. The van der Waals surface area contributed by atoms with Crippen molar-refractivity contribution >= 4 is 0 Å². The molecule has 2 bridgehead atoms. The minimum absolute atomic E-state index is 0.652. The Labute approximate surface area is 61.7 Å². The summed E-state index contributed by atoms with van der Waals surface area (Å²) < 4.78 is 0. The quantitative estimate of drug-likeness (QED) is 0.534. The van der Waals surface area contributed by atoms with Crippen LogP contribution in [0.3, 0.4) is 0 Å². The maximum Gasteiger partial charge on any atom is 0.0298 e. The summed E-state index contributed by atoms with van der Waals surface area (Å²) in [4.78, 5) is 2.44. The molecule has 0 aliphatic carbocycles. The molecule has 0 aromatic carbocycles. The first-order valence-corrected chi connectivity index (χ1v) is 3.95. The topological polar surface area (TPSA) is 29.3 Å². The molecular weight excluding hydrogens is 124 g/mol. The van der Waals surface area contributed by atoms with Crippen LogP contribution in [0.5, 0.6) is 0 Å². The summed E-state index contributed by atoms with van der Waals surface area (Å²) in [6, 6.07) is 1.40. The minimum Gasteiger partial charge on any atom is -0.402 e. The van der Waals surface area contributed by atoms with Gasteiger partial charge in [-0.25, -0.2) is 0 Å². The van der Waals surface area contributed by atoms with E-state index < -0.39 is 0 Å². The summed E-state index contributed by atoms with van der Waals surface area (Å²) in [6.07, 6.45) is 5.94. The number of likely N-dealkylation sites (N-methyl/N-ethyl adjacent to an activating group) is 1. The zero-order chi connectivity index (χ0) is 7.14. The molecule has 2 atom stereocenters. The molecule has 0 unspecified atom stereocenters. The molecule has 2 N–H and O–H groups in total. The first-order chi connectivity index (χ1) is 4.77. The van der Waals surface area contributed by atoms with Gasteiger partial charge in [-0.2, -0.15) is 0 Å². The van der Waals surface area contributed by atoms with Crippen molar-refractivity contribution in [2.24, 2.45) is 5.73 Å². The minimum atomic E-state index is 0.652. The first-order valence-electron chi connectivity index (χ1n) is 3.95. The average Bonchev–Trinajstić information content (AvgIpc) is 2.20. The van der Waals surface area contributed by atoms with Crippen molar-refractivity contribution in [2.45, 2.75) is 31.3 Å². The van der Waals surface area contributed by atoms with Gasteiger partial charge in [0.2, 0.25) is 0 Å². The highest BCUT2D eigenvalue weighted by Crippen LogP contribution is 2.31. The van der Waals surface area contributed by atoms with Crippen molar-refractivity contribution in [2.75, 3.05) is 7.05 Å². The van der Waals surface area contributed by atoms with Gasteiger partial charge >= 0.3 is 0 Å². The molecule has 56 valence electrons. The van der Waals surface area contributed by atoms with E-state index >= 15 is 0 Å². The summed E-state index contributed by atoms with van der Waals surface area (Å²) in [7, 11) is 2.20. The SMILES string of the molecule is CN1[C@@H]2CC[C@H]1C=C(N)C2. The Balaban J connectivity index is 2.24. The van der Waals surface area contributed by atoms with Crippen LogP contribution in [0.1, 0.15) is 19.3 Å². The largest absolute Gasteiger partial charge is 0.402 e. The molecule has 2 heteroatoms. The van der Waals surface area contributed by atoms with Crippen molar-refractivity contribution < 1.29 is 0 Å². The van der Waals surface area contributed by atoms with Gasteiger partial charge in [-0.3, -0.25) is 4.90 Å². The number of hydrogen-bond donors (Lipinski definition) is 1. The van der Waals surface area contributed by atoms with Crippen LogP contribution in [0.15, 0.2) is 11.8 Å². The molecule has 0 saturated carbocycles. The summed E-state index contributed by atoms with van der Waals surface area (Å²) in [5, 5.41) is 0. The normalized spacial score (nSPS) is 39.9. The lowest BCUT2D eigenvalue weighted by Gasteiger charge is -2.28. The molecule has 0 aromatic rings. The number of fused-ring (bicyclic) bond motifs is 2. The molecule has 1 fully saturated rings. The second-order valence-electron chi connectivity index (χ2n) is 3.41. The van der Waals surface area contributed by atoms with E-state index in [4.69, 9.17) is 5.73 Å². The summed E-state index contributed by atoms with van der Waals surface area (Å²) in [5.41, 5.74) is 6.85. The van der Waals surface area contributed by atoms with Gasteiger partial charge in [0.25, 0.3) is 0 Å². The predicted octanol–water partition coefficient (Wildman–Crippen LogP) is 0.696. The van der Waals surface area contributed by atoms with Crippen molar-refractivity contribution in [3.8, 4) is 0 Å². The molecule has 2 aliphatic rings. The van der Waals surface area contributed by atoms with Crippen LogP contribution in [0.2, 0.25) is 0 Å². The van der Waals surface area contributed by atoms with E-state index in [-0.39, 0.29) is 0 Å². The Morgan fingerprint density at radius 2 is 2.40 bits per heavy atom. The molecule has 0 amide bonds. The molecule has 0 aromatic heterocycles. The summed E-state index contributed by atoms with van der Waals surface area (Å²) in [6.45, 7) is 0. The number of hydrogen-bond acceptors (Lipinski definition) is 2. The van der Waals surface area contributed by atoms with Crippen LogP contribution in [0, 0.1) is 0 Å². The molecule has 2 nitrogen and oxygen atoms in total. The third-order valence-electron chi connectivity index (χ3n) is 2.77. The smallest absolute Gasteiger partial charge is 0.0298 e. The van der Waals surface area contributed by atoms with Crippen molar-refractivity contribution in [3.63, 3.8) is 0 Å². The molecule has 0 radical (unpaired) electrons. The maximum absolute atomic E-state index is 5.75. The Kier molecular flexibility index (Phi) is 1.24. The first kappa shape index (κ1) is 6.23. The number of rotatable bonds is 0. The van der Waals surface area contributed by atoms with Gasteiger partial charge in [0.05, 0.1) is 0 Å². The predicted molar refractivity (Wildman–Crippen MR) is 41.5 cm³/mol. The molecule has 2 aliphatic heterocycles. The van der Waals surface area contributed by atoms with Crippen molar-refractivity contribution in [1.29, 1.82) is 0 Å². The summed E-state index contributed by atoms with van der Waals surface area (Å²) in [5.74, 6) is 0. The lowest BCUT2D eigenvalue weighted by molar-refractivity contribution is 0.254. The van der Waals surface area contributed by atoms with Crippen LogP contribution in [-0.4, -0.2) is 24.0 Å². The Hall–Kier alpha value is -0.500. The highest BCUT2D eigenvalue weighted by Gasteiger charge is 2.32. The lowest BCUT2D eigenvalue weighted by Crippen LogP contribution is -2.36. The monoisotopic (exact) mass is 138 g/mol. The van der Waals surface area contributed by atoms with Gasteiger partial charge in [0.15, 0.2) is 0 Å².